The van der Waals surface area contributed by atoms with Gasteiger partial charge in [0.1, 0.15) is 5.82 Å². The highest BCUT2D eigenvalue weighted by atomic mass is 16.2. The summed E-state index contributed by atoms with van der Waals surface area (Å²) >= 11 is 0. The zero-order valence-corrected chi connectivity index (χ0v) is 9.23. The molecule has 3 N–H and O–H groups in total. The predicted octanol–water partition coefficient (Wildman–Crippen LogP) is 0.164. The molecule has 0 aromatic carbocycles. The molecule has 0 aliphatic rings. The third-order valence-corrected chi connectivity index (χ3v) is 2.28. The molecule has 1 atom stereocenters. The molecule has 0 radical (unpaired) electrons. The summed E-state index contributed by atoms with van der Waals surface area (Å²) in [6.45, 7) is 2.44. The first-order valence-electron chi connectivity index (χ1n) is 5.14. The molecule has 0 fully saturated rings. The van der Waals surface area contributed by atoms with E-state index in [1.165, 1.54) is 0 Å². The third kappa shape index (κ3) is 3.36. The van der Waals surface area contributed by atoms with Gasteiger partial charge in [0.25, 0.3) is 0 Å². The molecule has 0 saturated carbocycles. The van der Waals surface area contributed by atoms with Gasteiger partial charge in [0.05, 0.1) is 12.6 Å². The Morgan fingerprint density at radius 2 is 2.47 bits per heavy atom. The Morgan fingerprint density at radius 1 is 1.73 bits per heavy atom. The lowest BCUT2D eigenvalue weighted by atomic mass is 10.2. The second-order valence-electron chi connectivity index (χ2n) is 3.57. The molecule has 1 aromatic heterocycles. The summed E-state index contributed by atoms with van der Waals surface area (Å²) in [6, 6.07) is -0.407. The predicted molar refractivity (Wildman–Crippen MR) is 57.9 cm³/mol. The Hall–Kier alpha value is -1.36. The Morgan fingerprint density at radius 3 is 3.00 bits per heavy atom. The van der Waals surface area contributed by atoms with Crippen molar-refractivity contribution in [2.75, 3.05) is 0 Å². The summed E-state index contributed by atoms with van der Waals surface area (Å²) in [5, 5.41) is 2.76. The molecule has 1 heterocycles. The summed E-state index contributed by atoms with van der Waals surface area (Å²) in [4.78, 5) is 15.6. The SMILES string of the molecule is CCC[C@H](N)C(=O)NCc1nccn1C. The number of aryl methyl sites for hydroxylation is 1. The zero-order valence-electron chi connectivity index (χ0n) is 9.23. The van der Waals surface area contributed by atoms with E-state index in [1.54, 1.807) is 6.20 Å². The molecule has 0 aliphatic carbocycles. The molecule has 1 aromatic rings. The monoisotopic (exact) mass is 210 g/mol. The van der Waals surface area contributed by atoms with E-state index in [9.17, 15) is 4.79 Å². The number of aromatic nitrogens is 2. The number of imidazole rings is 1. The highest BCUT2D eigenvalue weighted by Gasteiger charge is 2.12. The van der Waals surface area contributed by atoms with Crippen LogP contribution in [0.15, 0.2) is 12.4 Å². The van der Waals surface area contributed by atoms with E-state index in [-0.39, 0.29) is 5.91 Å². The van der Waals surface area contributed by atoms with Gasteiger partial charge in [0, 0.05) is 19.4 Å². The van der Waals surface area contributed by atoms with Crippen molar-refractivity contribution in [3.63, 3.8) is 0 Å². The second kappa shape index (κ2) is 5.50. The normalized spacial score (nSPS) is 12.5. The quantitative estimate of drug-likeness (QED) is 0.727. The number of nitrogens with one attached hydrogen (secondary N) is 1. The highest BCUT2D eigenvalue weighted by molar-refractivity contribution is 5.81. The van der Waals surface area contributed by atoms with Crippen LogP contribution in [0, 0.1) is 0 Å². The fourth-order valence-corrected chi connectivity index (χ4v) is 1.31. The number of carbonyl (C=O) groups is 1. The molecule has 5 heteroatoms. The van der Waals surface area contributed by atoms with Crippen molar-refractivity contribution in [2.24, 2.45) is 12.8 Å². The van der Waals surface area contributed by atoms with Gasteiger partial charge >= 0.3 is 0 Å². The van der Waals surface area contributed by atoms with Gasteiger partial charge in [-0.05, 0) is 6.42 Å². The molecule has 15 heavy (non-hydrogen) atoms. The fraction of sp³-hybridized carbons (Fsp3) is 0.600. The van der Waals surface area contributed by atoms with Crippen LogP contribution in [0.2, 0.25) is 0 Å². The Kier molecular flexibility index (Phi) is 4.30. The van der Waals surface area contributed by atoms with Crippen molar-refractivity contribution in [2.45, 2.75) is 32.4 Å². The number of hydrogen-bond acceptors (Lipinski definition) is 3. The average molecular weight is 210 g/mol. The van der Waals surface area contributed by atoms with Crippen LogP contribution in [0.4, 0.5) is 0 Å². The van der Waals surface area contributed by atoms with Crippen LogP contribution in [0.5, 0.6) is 0 Å². The van der Waals surface area contributed by atoms with E-state index in [2.05, 4.69) is 10.3 Å². The highest BCUT2D eigenvalue weighted by Crippen LogP contribution is 1.96. The molecular formula is C10H18N4O. The number of hydrogen-bond donors (Lipinski definition) is 2. The van der Waals surface area contributed by atoms with Crippen molar-refractivity contribution < 1.29 is 4.79 Å². The van der Waals surface area contributed by atoms with E-state index in [1.807, 2.05) is 24.7 Å². The van der Waals surface area contributed by atoms with Gasteiger partial charge in [-0.25, -0.2) is 4.98 Å². The molecule has 0 unspecified atom stereocenters. The van der Waals surface area contributed by atoms with Gasteiger partial charge in [-0.15, -0.1) is 0 Å². The maximum absolute atomic E-state index is 11.5. The average Bonchev–Trinajstić information content (AvgIpc) is 2.61. The molecule has 84 valence electrons. The number of nitrogens with zero attached hydrogens (tertiary/aromatic N) is 2. The van der Waals surface area contributed by atoms with Gasteiger partial charge in [-0.1, -0.05) is 13.3 Å². The minimum Gasteiger partial charge on any atom is -0.348 e. The standard InChI is InChI=1S/C10H18N4O/c1-3-4-8(11)10(15)13-7-9-12-5-6-14(9)2/h5-6,8H,3-4,7,11H2,1-2H3,(H,13,15)/t8-/m0/s1. The third-order valence-electron chi connectivity index (χ3n) is 2.28. The number of nitrogens with two attached hydrogens (primary N) is 1. The van der Waals surface area contributed by atoms with Crippen LogP contribution in [0.25, 0.3) is 0 Å². The van der Waals surface area contributed by atoms with Gasteiger partial charge < -0.3 is 15.6 Å². The van der Waals surface area contributed by atoms with Crippen molar-refractivity contribution >= 4 is 5.91 Å². The zero-order chi connectivity index (χ0) is 11.3. The first-order valence-corrected chi connectivity index (χ1v) is 5.14. The molecule has 1 amide bonds. The molecule has 0 aliphatic heterocycles. The number of carbonyl (C=O) groups excluding carboxylic acids is 1. The van der Waals surface area contributed by atoms with Gasteiger partial charge in [0.15, 0.2) is 0 Å². The molecule has 5 nitrogen and oxygen atoms in total. The largest absolute Gasteiger partial charge is 0.348 e. The number of rotatable bonds is 5. The fourth-order valence-electron chi connectivity index (χ4n) is 1.31. The minimum atomic E-state index is -0.407. The molecule has 0 bridgehead atoms. The summed E-state index contributed by atoms with van der Waals surface area (Å²) in [5.41, 5.74) is 5.67. The van der Waals surface area contributed by atoms with Gasteiger partial charge in [0.2, 0.25) is 5.91 Å². The maximum Gasteiger partial charge on any atom is 0.237 e. The van der Waals surface area contributed by atoms with Crippen LogP contribution >= 0.6 is 0 Å². The first kappa shape index (κ1) is 11.7. The maximum atomic E-state index is 11.5. The Bertz CT molecular complexity index is 321. The minimum absolute atomic E-state index is 0.111. The Labute approximate surface area is 89.7 Å². The van der Waals surface area contributed by atoms with Gasteiger partial charge in [-0.2, -0.15) is 0 Å². The smallest absolute Gasteiger partial charge is 0.237 e. The summed E-state index contributed by atoms with van der Waals surface area (Å²) < 4.78 is 1.87. The first-order chi connectivity index (χ1) is 7.15. The van der Waals surface area contributed by atoms with Crippen LogP contribution in [-0.2, 0) is 18.4 Å². The van der Waals surface area contributed by atoms with Crippen molar-refractivity contribution in [3.05, 3.63) is 18.2 Å². The lowest BCUT2D eigenvalue weighted by molar-refractivity contribution is -0.122. The lowest BCUT2D eigenvalue weighted by Crippen LogP contribution is -2.40. The lowest BCUT2D eigenvalue weighted by Gasteiger charge is -2.10. The molecule has 0 saturated heterocycles. The van der Waals surface area contributed by atoms with E-state index < -0.39 is 6.04 Å². The van der Waals surface area contributed by atoms with E-state index >= 15 is 0 Å². The van der Waals surface area contributed by atoms with Crippen molar-refractivity contribution in [3.8, 4) is 0 Å². The molecule has 1 rings (SSSR count). The van der Waals surface area contributed by atoms with Crippen LogP contribution < -0.4 is 11.1 Å². The summed E-state index contributed by atoms with van der Waals surface area (Å²) in [7, 11) is 1.89. The number of amides is 1. The topological polar surface area (TPSA) is 72.9 Å². The van der Waals surface area contributed by atoms with Gasteiger partial charge in [-0.3, -0.25) is 4.79 Å². The summed E-state index contributed by atoms with van der Waals surface area (Å²) in [6.07, 6.45) is 5.17. The van der Waals surface area contributed by atoms with Crippen LogP contribution in [-0.4, -0.2) is 21.5 Å². The van der Waals surface area contributed by atoms with Crippen LogP contribution in [0.3, 0.4) is 0 Å². The van der Waals surface area contributed by atoms with E-state index in [0.29, 0.717) is 13.0 Å². The Balaban J connectivity index is 2.37. The van der Waals surface area contributed by atoms with Crippen molar-refractivity contribution in [1.29, 1.82) is 0 Å². The van der Waals surface area contributed by atoms with Crippen LogP contribution in [0.1, 0.15) is 25.6 Å². The second-order valence-corrected chi connectivity index (χ2v) is 3.57. The van der Waals surface area contributed by atoms with E-state index in [4.69, 9.17) is 5.73 Å². The molecular weight excluding hydrogens is 192 g/mol. The van der Waals surface area contributed by atoms with E-state index in [0.717, 1.165) is 12.2 Å². The molecule has 0 spiro atoms. The van der Waals surface area contributed by atoms with Crippen molar-refractivity contribution in [1.82, 2.24) is 14.9 Å². The summed E-state index contributed by atoms with van der Waals surface area (Å²) in [5.74, 6) is 0.715.